The maximum atomic E-state index is 13.6. The van der Waals surface area contributed by atoms with E-state index in [9.17, 15) is 9.59 Å². The summed E-state index contributed by atoms with van der Waals surface area (Å²) in [4.78, 5) is 30.9. The highest BCUT2D eigenvalue weighted by Gasteiger charge is 2.34. The third kappa shape index (κ3) is 4.83. The Bertz CT molecular complexity index is 1440. The minimum atomic E-state index is -1.09. The number of para-hydroxylation sites is 1. The number of nitrogens with zero attached hydrogens (tertiary/aromatic N) is 2. The third-order valence-electron chi connectivity index (χ3n) is 6.17. The van der Waals surface area contributed by atoms with Crippen LogP contribution in [-0.4, -0.2) is 46.6 Å². The number of carbonyl (C=O) groups is 2. The Morgan fingerprint density at radius 3 is 2.61 bits per heavy atom. The van der Waals surface area contributed by atoms with Crippen LogP contribution in [0.4, 0.5) is 0 Å². The zero-order valence-corrected chi connectivity index (χ0v) is 20.0. The Hall–Kier alpha value is -4.10. The number of aromatic nitrogens is 1. The fraction of sp³-hybridized carbons (Fsp3) is 0.179. The van der Waals surface area contributed by atoms with Crippen molar-refractivity contribution in [2.75, 3.05) is 19.8 Å². The average molecular weight is 503 g/mol. The summed E-state index contributed by atoms with van der Waals surface area (Å²) in [5.74, 6) is -0.416. The summed E-state index contributed by atoms with van der Waals surface area (Å²) in [5, 5.41) is 10.5. The van der Waals surface area contributed by atoms with Crippen LogP contribution in [0.3, 0.4) is 0 Å². The van der Waals surface area contributed by atoms with Gasteiger partial charge in [0.15, 0.2) is 13.2 Å². The number of carbonyl (C=O) groups excluding carboxylic acids is 1. The fourth-order valence-electron chi connectivity index (χ4n) is 4.59. The van der Waals surface area contributed by atoms with Crippen LogP contribution in [0.25, 0.3) is 10.9 Å². The van der Waals surface area contributed by atoms with Gasteiger partial charge in [-0.1, -0.05) is 54.1 Å². The lowest BCUT2D eigenvalue weighted by Gasteiger charge is -2.38. The molecule has 3 aromatic carbocycles. The van der Waals surface area contributed by atoms with Crippen molar-refractivity contribution in [2.24, 2.45) is 0 Å². The molecule has 0 spiro atoms. The molecule has 182 valence electrons. The molecule has 2 heterocycles. The lowest BCUT2D eigenvalue weighted by molar-refractivity contribution is -0.139. The number of aliphatic carboxylic acids is 1. The summed E-state index contributed by atoms with van der Waals surface area (Å²) < 4.78 is 11.5. The Kier molecular flexibility index (Phi) is 6.73. The molecule has 1 aliphatic rings. The maximum Gasteiger partial charge on any atom is 0.341 e. The highest BCUT2D eigenvalue weighted by molar-refractivity contribution is 6.30. The molecule has 0 fully saturated rings. The molecule has 1 aliphatic heterocycles. The summed E-state index contributed by atoms with van der Waals surface area (Å²) in [6.45, 7) is -0.225. The van der Waals surface area contributed by atoms with E-state index < -0.39 is 18.6 Å². The van der Waals surface area contributed by atoms with Crippen molar-refractivity contribution in [3.8, 4) is 11.5 Å². The highest BCUT2D eigenvalue weighted by atomic mass is 35.5. The zero-order chi connectivity index (χ0) is 25.1. The van der Waals surface area contributed by atoms with E-state index in [4.69, 9.17) is 26.2 Å². The van der Waals surface area contributed by atoms with Gasteiger partial charge in [-0.2, -0.15) is 0 Å². The first-order chi connectivity index (χ1) is 17.5. The molecule has 5 rings (SSSR count). The first-order valence-corrected chi connectivity index (χ1v) is 11.9. The molecular formula is C28H23ClN2O5. The molecule has 1 N–H and O–H groups in total. The highest BCUT2D eigenvalue weighted by Crippen LogP contribution is 2.40. The van der Waals surface area contributed by atoms with E-state index >= 15 is 0 Å². The van der Waals surface area contributed by atoms with Crippen LogP contribution in [0, 0.1) is 0 Å². The van der Waals surface area contributed by atoms with E-state index in [0.29, 0.717) is 40.6 Å². The first-order valence-electron chi connectivity index (χ1n) is 11.5. The predicted octanol–water partition coefficient (Wildman–Crippen LogP) is 4.90. The van der Waals surface area contributed by atoms with Crippen molar-refractivity contribution in [1.29, 1.82) is 0 Å². The van der Waals surface area contributed by atoms with Crippen molar-refractivity contribution in [1.82, 2.24) is 9.88 Å². The van der Waals surface area contributed by atoms with Gasteiger partial charge in [-0.25, -0.2) is 4.79 Å². The second-order valence-electron chi connectivity index (χ2n) is 8.42. The van der Waals surface area contributed by atoms with E-state index in [2.05, 4.69) is 4.98 Å². The number of pyridine rings is 1. The number of ether oxygens (including phenoxy) is 2. The van der Waals surface area contributed by atoms with Crippen molar-refractivity contribution in [2.45, 2.75) is 12.5 Å². The SMILES string of the molecule is O=C(O)COc1ccc(Cl)cc1C1c2ccccc2CCN1C(=O)COc1cccc2cccnc12. The Labute approximate surface area is 212 Å². The van der Waals surface area contributed by atoms with E-state index in [-0.39, 0.29) is 12.5 Å². The molecule has 8 heteroatoms. The van der Waals surface area contributed by atoms with Gasteiger partial charge in [0.2, 0.25) is 0 Å². The molecule has 0 saturated carbocycles. The molecule has 7 nitrogen and oxygen atoms in total. The Morgan fingerprint density at radius 2 is 1.75 bits per heavy atom. The molecule has 0 bridgehead atoms. The zero-order valence-electron chi connectivity index (χ0n) is 19.3. The van der Waals surface area contributed by atoms with Gasteiger partial charge >= 0.3 is 5.97 Å². The topological polar surface area (TPSA) is 89.0 Å². The maximum absolute atomic E-state index is 13.6. The monoisotopic (exact) mass is 502 g/mol. The van der Waals surface area contributed by atoms with Crippen molar-refractivity contribution >= 4 is 34.4 Å². The predicted molar refractivity (Wildman–Crippen MR) is 136 cm³/mol. The molecule has 1 amide bonds. The summed E-state index contributed by atoms with van der Waals surface area (Å²) in [7, 11) is 0. The molecule has 4 aromatic rings. The summed E-state index contributed by atoms with van der Waals surface area (Å²) in [6.07, 6.45) is 2.37. The van der Waals surface area contributed by atoms with E-state index in [1.807, 2.05) is 48.5 Å². The van der Waals surface area contributed by atoms with E-state index in [1.54, 1.807) is 35.4 Å². The molecule has 1 aromatic heterocycles. The van der Waals surface area contributed by atoms with Gasteiger partial charge in [-0.15, -0.1) is 0 Å². The second-order valence-corrected chi connectivity index (χ2v) is 8.86. The van der Waals surface area contributed by atoms with Crippen LogP contribution >= 0.6 is 11.6 Å². The van der Waals surface area contributed by atoms with Crippen LogP contribution in [-0.2, 0) is 16.0 Å². The largest absolute Gasteiger partial charge is 0.482 e. The second kappa shape index (κ2) is 10.3. The minimum Gasteiger partial charge on any atom is -0.482 e. The summed E-state index contributed by atoms with van der Waals surface area (Å²) >= 11 is 6.34. The lowest BCUT2D eigenvalue weighted by atomic mass is 9.87. The van der Waals surface area contributed by atoms with Gasteiger partial charge < -0.3 is 19.5 Å². The van der Waals surface area contributed by atoms with Gasteiger partial charge in [-0.05, 0) is 47.9 Å². The standard InChI is InChI=1S/C28H23ClN2O5/c29-20-10-11-23(36-17-26(33)34)22(15-20)28-21-8-2-1-5-18(21)12-14-31(28)25(32)16-35-24-9-3-6-19-7-4-13-30-27(19)24/h1-11,13,15,28H,12,14,16-17H2,(H,33,34). The molecule has 0 saturated heterocycles. The van der Waals surface area contributed by atoms with Crippen molar-refractivity contribution in [3.05, 3.63) is 101 Å². The normalized spacial score (nSPS) is 14.8. The van der Waals surface area contributed by atoms with E-state index in [0.717, 1.165) is 16.5 Å². The Morgan fingerprint density at radius 1 is 0.944 bits per heavy atom. The van der Waals surface area contributed by atoms with Crippen LogP contribution < -0.4 is 9.47 Å². The van der Waals surface area contributed by atoms with Crippen LogP contribution in [0.1, 0.15) is 22.7 Å². The van der Waals surface area contributed by atoms with Crippen LogP contribution in [0.15, 0.2) is 79.0 Å². The number of halogens is 1. The molecule has 0 radical (unpaired) electrons. The number of benzene rings is 3. The quantitative estimate of drug-likeness (QED) is 0.386. The van der Waals surface area contributed by atoms with Gasteiger partial charge in [0.05, 0.1) is 6.04 Å². The molecule has 0 aliphatic carbocycles. The van der Waals surface area contributed by atoms with Crippen molar-refractivity contribution in [3.63, 3.8) is 0 Å². The number of hydrogen-bond acceptors (Lipinski definition) is 5. The average Bonchev–Trinajstić information content (AvgIpc) is 2.90. The Balaban J connectivity index is 1.48. The number of hydrogen-bond donors (Lipinski definition) is 1. The molecule has 1 atom stereocenters. The number of carboxylic acid groups (broad SMARTS) is 1. The molecule has 1 unspecified atom stereocenters. The van der Waals surface area contributed by atoms with Gasteiger partial charge in [0.25, 0.3) is 5.91 Å². The number of rotatable bonds is 7. The van der Waals surface area contributed by atoms with Gasteiger partial charge in [0, 0.05) is 28.7 Å². The van der Waals surface area contributed by atoms with E-state index in [1.165, 1.54) is 0 Å². The van der Waals surface area contributed by atoms with Crippen LogP contribution in [0.2, 0.25) is 5.02 Å². The first kappa shape index (κ1) is 23.6. The fourth-order valence-corrected chi connectivity index (χ4v) is 4.77. The smallest absolute Gasteiger partial charge is 0.341 e. The molecular weight excluding hydrogens is 480 g/mol. The van der Waals surface area contributed by atoms with Gasteiger partial charge in [-0.3, -0.25) is 9.78 Å². The summed E-state index contributed by atoms with van der Waals surface area (Å²) in [6, 6.07) is 21.7. The number of amides is 1. The third-order valence-corrected chi connectivity index (χ3v) is 6.40. The summed E-state index contributed by atoms with van der Waals surface area (Å²) in [5.41, 5.74) is 3.35. The van der Waals surface area contributed by atoms with Crippen LogP contribution in [0.5, 0.6) is 11.5 Å². The molecule has 36 heavy (non-hydrogen) atoms. The minimum absolute atomic E-state index is 0.180. The lowest BCUT2D eigenvalue weighted by Crippen LogP contribution is -2.43. The van der Waals surface area contributed by atoms with Crippen molar-refractivity contribution < 1.29 is 24.2 Å². The number of fused-ring (bicyclic) bond motifs is 2. The van der Waals surface area contributed by atoms with Gasteiger partial charge in [0.1, 0.15) is 17.0 Å². The number of carboxylic acids is 1.